The lowest BCUT2D eigenvalue weighted by atomic mass is 10.3. The zero-order valence-corrected chi connectivity index (χ0v) is 9.41. The van der Waals surface area contributed by atoms with Crippen LogP contribution in [-0.2, 0) is 4.74 Å². The fourth-order valence-electron chi connectivity index (χ4n) is 0.864. The van der Waals surface area contributed by atoms with Crippen molar-refractivity contribution in [3.05, 3.63) is 40.7 Å². The van der Waals surface area contributed by atoms with E-state index in [-0.39, 0.29) is 6.61 Å². The summed E-state index contributed by atoms with van der Waals surface area (Å²) in [5, 5.41) is 0.357. The van der Waals surface area contributed by atoms with Gasteiger partial charge in [-0.05, 0) is 32.1 Å². The molecule has 0 N–H and O–H groups in total. The summed E-state index contributed by atoms with van der Waals surface area (Å²) in [5.74, 6) is -0.392. The van der Waals surface area contributed by atoms with Gasteiger partial charge in [-0.1, -0.05) is 17.2 Å². The Morgan fingerprint density at radius 3 is 2.80 bits per heavy atom. The van der Waals surface area contributed by atoms with Crippen molar-refractivity contribution in [2.75, 3.05) is 6.61 Å². The van der Waals surface area contributed by atoms with E-state index in [1.165, 1.54) is 6.20 Å². The third-order valence-electron chi connectivity index (χ3n) is 1.67. The summed E-state index contributed by atoms with van der Waals surface area (Å²) in [4.78, 5) is 15.2. The molecule has 0 unspecified atom stereocenters. The first-order valence-electron chi connectivity index (χ1n) is 4.51. The maximum atomic E-state index is 11.4. The molecule has 0 aliphatic rings. The van der Waals surface area contributed by atoms with Gasteiger partial charge in [0.05, 0.1) is 5.56 Å². The third kappa shape index (κ3) is 4.13. The second-order valence-electron chi connectivity index (χ2n) is 3.25. The Labute approximate surface area is 93.7 Å². The monoisotopic (exact) mass is 225 g/mol. The molecule has 1 aromatic rings. The van der Waals surface area contributed by atoms with Crippen LogP contribution in [0.15, 0.2) is 30.0 Å². The molecule has 0 aliphatic heterocycles. The van der Waals surface area contributed by atoms with E-state index in [0.717, 1.165) is 5.57 Å². The van der Waals surface area contributed by atoms with Crippen molar-refractivity contribution in [2.45, 2.75) is 13.8 Å². The molecule has 15 heavy (non-hydrogen) atoms. The van der Waals surface area contributed by atoms with Crippen molar-refractivity contribution >= 4 is 17.6 Å². The summed E-state index contributed by atoms with van der Waals surface area (Å²) in [6.07, 6.45) is 3.23. The number of carbonyl (C=O) groups is 1. The van der Waals surface area contributed by atoms with E-state index in [4.69, 9.17) is 16.3 Å². The van der Waals surface area contributed by atoms with Crippen molar-refractivity contribution in [2.24, 2.45) is 0 Å². The molecular formula is C11H12ClNO2. The summed E-state index contributed by atoms with van der Waals surface area (Å²) >= 11 is 5.59. The largest absolute Gasteiger partial charge is 0.458 e. The summed E-state index contributed by atoms with van der Waals surface area (Å²) in [6, 6.07) is 3.14. The highest BCUT2D eigenvalue weighted by Crippen LogP contribution is 2.06. The number of ether oxygens (including phenoxy) is 1. The minimum atomic E-state index is -0.392. The maximum Gasteiger partial charge on any atom is 0.340 e. The number of nitrogens with zero attached hydrogens (tertiary/aromatic N) is 1. The fraction of sp³-hybridized carbons (Fsp3) is 0.273. The van der Waals surface area contributed by atoms with Gasteiger partial charge in [-0.3, -0.25) is 0 Å². The molecule has 3 nitrogen and oxygen atoms in total. The number of esters is 1. The van der Waals surface area contributed by atoms with Crippen LogP contribution >= 0.6 is 11.6 Å². The first kappa shape index (κ1) is 11.7. The van der Waals surface area contributed by atoms with Crippen LogP contribution in [0.1, 0.15) is 24.2 Å². The van der Waals surface area contributed by atoms with E-state index in [0.29, 0.717) is 10.7 Å². The predicted molar refractivity (Wildman–Crippen MR) is 59.0 cm³/mol. The lowest BCUT2D eigenvalue weighted by molar-refractivity contribution is 0.0548. The zero-order chi connectivity index (χ0) is 11.3. The number of carbonyl (C=O) groups excluding carboxylic acids is 1. The third-order valence-corrected chi connectivity index (χ3v) is 1.89. The zero-order valence-electron chi connectivity index (χ0n) is 8.66. The molecule has 1 heterocycles. The van der Waals surface area contributed by atoms with Gasteiger partial charge in [0.15, 0.2) is 0 Å². The second kappa shape index (κ2) is 5.51. The van der Waals surface area contributed by atoms with Crippen LogP contribution in [0.25, 0.3) is 0 Å². The summed E-state index contributed by atoms with van der Waals surface area (Å²) in [7, 11) is 0. The van der Waals surface area contributed by atoms with Crippen molar-refractivity contribution < 1.29 is 9.53 Å². The van der Waals surface area contributed by atoms with E-state index in [1.807, 2.05) is 19.9 Å². The first-order valence-corrected chi connectivity index (χ1v) is 4.89. The van der Waals surface area contributed by atoms with Crippen molar-refractivity contribution in [3.63, 3.8) is 0 Å². The molecule has 1 rings (SSSR count). The number of allylic oxidation sites excluding steroid dienone is 1. The lowest BCUT2D eigenvalue weighted by Gasteiger charge is -2.01. The summed E-state index contributed by atoms with van der Waals surface area (Å²) in [5.41, 5.74) is 1.51. The van der Waals surface area contributed by atoms with Crippen LogP contribution in [0.2, 0.25) is 5.15 Å². The Morgan fingerprint density at radius 2 is 2.27 bits per heavy atom. The molecule has 0 fully saturated rings. The quantitative estimate of drug-likeness (QED) is 0.451. The van der Waals surface area contributed by atoms with Gasteiger partial charge >= 0.3 is 5.97 Å². The summed E-state index contributed by atoms with van der Waals surface area (Å²) < 4.78 is 4.98. The van der Waals surface area contributed by atoms with Crippen molar-refractivity contribution in [3.8, 4) is 0 Å². The van der Waals surface area contributed by atoms with Gasteiger partial charge in [0, 0.05) is 6.20 Å². The van der Waals surface area contributed by atoms with Crippen molar-refractivity contribution in [1.82, 2.24) is 4.98 Å². The lowest BCUT2D eigenvalue weighted by Crippen LogP contribution is -2.05. The van der Waals surface area contributed by atoms with Crippen LogP contribution in [-0.4, -0.2) is 17.6 Å². The number of aromatic nitrogens is 1. The molecule has 0 saturated carbocycles. The number of rotatable bonds is 3. The highest BCUT2D eigenvalue weighted by Gasteiger charge is 2.05. The van der Waals surface area contributed by atoms with E-state index >= 15 is 0 Å². The van der Waals surface area contributed by atoms with Gasteiger partial charge in [-0.15, -0.1) is 0 Å². The molecule has 0 radical (unpaired) electrons. The van der Waals surface area contributed by atoms with Crippen LogP contribution < -0.4 is 0 Å². The molecule has 0 aromatic carbocycles. The van der Waals surface area contributed by atoms with Gasteiger partial charge < -0.3 is 4.74 Å². The van der Waals surface area contributed by atoms with Crippen LogP contribution in [0, 0.1) is 0 Å². The molecule has 4 heteroatoms. The first-order chi connectivity index (χ1) is 7.09. The number of pyridine rings is 1. The Morgan fingerprint density at radius 1 is 1.53 bits per heavy atom. The van der Waals surface area contributed by atoms with Gasteiger partial charge in [-0.25, -0.2) is 9.78 Å². The highest BCUT2D eigenvalue weighted by atomic mass is 35.5. The molecule has 0 amide bonds. The number of halogens is 1. The molecule has 80 valence electrons. The standard InChI is InChI=1S/C11H12ClNO2/c1-8(2)5-6-15-11(14)9-3-4-10(12)13-7-9/h3-5,7H,6H2,1-2H3. The van der Waals surface area contributed by atoms with Crippen molar-refractivity contribution in [1.29, 1.82) is 0 Å². The van der Waals surface area contributed by atoms with Crippen LogP contribution in [0.4, 0.5) is 0 Å². The van der Waals surface area contributed by atoms with Gasteiger partial charge in [0.2, 0.25) is 0 Å². The summed E-state index contributed by atoms with van der Waals surface area (Å²) in [6.45, 7) is 4.17. The number of hydrogen-bond acceptors (Lipinski definition) is 3. The molecular weight excluding hydrogens is 214 g/mol. The van der Waals surface area contributed by atoms with E-state index in [1.54, 1.807) is 12.1 Å². The molecule has 0 aliphatic carbocycles. The fourth-order valence-corrected chi connectivity index (χ4v) is 0.976. The topological polar surface area (TPSA) is 39.2 Å². The Bertz CT molecular complexity index is 367. The van der Waals surface area contributed by atoms with Gasteiger partial charge in [-0.2, -0.15) is 0 Å². The van der Waals surface area contributed by atoms with E-state index in [2.05, 4.69) is 4.98 Å². The van der Waals surface area contributed by atoms with E-state index < -0.39 is 5.97 Å². The normalized spacial score (nSPS) is 9.53. The minimum absolute atomic E-state index is 0.282. The highest BCUT2D eigenvalue weighted by molar-refractivity contribution is 6.29. The molecule has 1 aromatic heterocycles. The average molecular weight is 226 g/mol. The van der Waals surface area contributed by atoms with E-state index in [9.17, 15) is 4.79 Å². The smallest absolute Gasteiger partial charge is 0.340 e. The molecule has 0 atom stereocenters. The molecule has 0 bridgehead atoms. The SMILES string of the molecule is CC(C)=CCOC(=O)c1ccc(Cl)nc1. The molecule has 0 spiro atoms. The Hall–Kier alpha value is -1.35. The minimum Gasteiger partial charge on any atom is -0.458 e. The van der Waals surface area contributed by atoms with Crippen LogP contribution in [0.5, 0.6) is 0 Å². The Balaban J connectivity index is 2.54. The average Bonchev–Trinajstić information content (AvgIpc) is 2.18. The second-order valence-corrected chi connectivity index (χ2v) is 3.64. The maximum absolute atomic E-state index is 11.4. The van der Waals surface area contributed by atoms with Gasteiger partial charge in [0.25, 0.3) is 0 Å². The number of hydrogen-bond donors (Lipinski definition) is 0. The Kier molecular flexibility index (Phi) is 4.31. The van der Waals surface area contributed by atoms with Crippen LogP contribution in [0.3, 0.4) is 0 Å². The van der Waals surface area contributed by atoms with Gasteiger partial charge in [0.1, 0.15) is 11.8 Å². The molecule has 0 saturated heterocycles. The predicted octanol–water partition coefficient (Wildman–Crippen LogP) is 2.86.